The van der Waals surface area contributed by atoms with E-state index in [1.165, 1.54) is 44.3 Å². The normalized spacial score (nSPS) is 15.7. The molecule has 0 saturated carbocycles. The highest BCUT2D eigenvalue weighted by Crippen LogP contribution is 2.48. The highest BCUT2D eigenvalue weighted by Gasteiger charge is 2.53. The van der Waals surface area contributed by atoms with Crippen LogP contribution in [0, 0.1) is 41.7 Å². The van der Waals surface area contributed by atoms with Crippen LogP contribution in [-0.4, -0.2) is 46.0 Å². The smallest absolute Gasteiger partial charge is 0.303 e. The zero-order valence-corrected chi connectivity index (χ0v) is 27.7. The lowest BCUT2D eigenvalue weighted by atomic mass is 9.95. The number of hydrogen-bond donors (Lipinski definition) is 2. The summed E-state index contributed by atoms with van der Waals surface area (Å²) < 4.78 is 116. The number of carbonyl (C=O) groups is 1. The summed E-state index contributed by atoms with van der Waals surface area (Å²) in [6.45, 7) is 1.80. The molecule has 2 atom stereocenters. The quantitative estimate of drug-likeness (QED) is 0.136. The van der Waals surface area contributed by atoms with Crippen LogP contribution in [0.2, 0.25) is 0 Å². The van der Waals surface area contributed by atoms with E-state index in [0.717, 1.165) is 16.5 Å². The maximum atomic E-state index is 15.3. The molecule has 0 radical (unpaired) electrons. The second kappa shape index (κ2) is 14.0. The second-order valence-corrected chi connectivity index (χ2v) is 12.7. The number of alkyl halides is 6. The third-order valence-electron chi connectivity index (χ3n) is 8.34. The summed E-state index contributed by atoms with van der Waals surface area (Å²) >= 11 is 0. The molecular weight excluding hydrogens is 714 g/mol. The van der Waals surface area contributed by atoms with Gasteiger partial charge in [-0.25, -0.2) is 31.3 Å². The number of terminal acetylenes is 1. The van der Waals surface area contributed by atoms with E-state index in [1.54, 1.807) is 0 Å². The number of amides is 1. The van der Waals surface area contributed by atoms with Crippen molar-refractivity contribution in [3.05, 3.63) is 100 Å². The summed E-state index contributed by atoms with van der Waals surface area (Å²) in [5, 5.41) is 23.9. The van der Waals surface area contributed by atoms with Crippen LogP contribution >= 0.6 is 0 Å². The highest BCUT2D eigenvalue weighted by atomic mass is 19.3. The van der Waals surface area contributed by atoms with Crippen molar-refractivity contribution < 1.29 is 45.0 Å². The second-order valence-electron chi connectivity index (χ2n) is 12.7. The van der Waals surface area contributed by atoms with E-state index >= 15 is 8.78 Å². The van der Waals surface area contributed by atoms with Crippen LogP contribution in [0.25, 0.3) is 16.8 Å². The van der Waals surface area contributed by atoms with Crippen molar-refractivity contribution in [3.63, 3.8) is 0 Å². The average molecular weight is 742 g/mol. The van der Waals surface area contributed by atoms with Crippen LogP contribution in [-0.2, 0) is 30.1 Å². The highest BCUT2D eigenvalue weighted by molar-refractivity contribution is 5.81. The van der Waals surface area contributed by atoms with Gasteiger partial charge in [-0.2, -0.15) is 13.9 Å². The van der Waals surface area contributed by atoms with Gasteiger partial charge in [-0.05, 0) is 74.6 Å². The minimum Gasteiger partial charge on any atom is -0.378 e. The predicted octanol–water partition coefficient (Wildman–Crippen LogP) is 6.26. The minimum absolute atomic E-state index is 0.00226. The number of aromatic nitrogens is 6. The van der Waals surface area contributed by atoms with Gasteiger partial charge in [-0.15, -0.1) is 16.6 Å². The zero-order chi connectivity index (χ0) is 38.4. The Kier molecular flexibility index (Phi) is 9.74. The van der Waals surface area contributed by atoms with Crippen molar-refractivity contribution in [2.45, 2.75) is 63.7 Å². The number of pyridine rings is 2. The molecule has 2 N–H and O–H groups in total. The number of halogens is 8. The molecule has 0 fully saturated rings. The molecular formula is C36H27F8N7O2. The first-order valence-electron chi connectivity index (χ1n) is 15.8. The Morgan fingerprint density at radius 1 is 1.06 bits per heavy atom. The molecule has 4 heterocycles. The Balaban J connectivity index is 1.49. The molecule has 1 amide bonds. The lowest BCUT2D eigenvalue weighted by Crippen LogP contribution is -2.35. The third-order valence-corrected chi connectivity index (χ3v) is 8.34. The number of hydrogen-bond acceptors (Lipinski definition) is 6. The maximum Gasteiger partial charge on any atom is 0.303 e. The van der Waals surface area contributed by atoms with Crippen molar-refractivity contribution in [3.8, 4) is 35.3 Å². The van der Waals surface area contributed by atoms with Crippen molar-refractivity contribution >= 4 is 11.6 Å². The largest absolute Gasteiger partial charge is 0.378 e. The number of aliphatic hydroxyl groups is 1. The first-order chi connectivity index (χ1) is 25.0. The number of fused-ring (bicyclic) bond motifs is 2. The van der Waals surface area contributed by atoms with E-state index in [-0.39, 0.29) is 33.7 Å². The summed E-state index contributed by atoms with van der Waals surface area (Å²) in [7, 11) is 0. The van der Waals surface area contributed by atoms with Gasteiger partial charge >= 0.3 is 5.92 Å². The first-order valence-corrected chi connectivity index (χ1v) is 15.8. The fourth-order valence-corrected chi connectivity index (χ4v) is 6.15. The van der Waals surface area contributed by atoms with Gasteiger partial charge in [0.15, 0.2) is 5.65 Å². The van der Waals surface area contributed by atoms with E-state index < -0.39 is 96.0 Å². The fourth-order valence-electron chi connectivity index (χ4n) is 6.15. The van der Waals surface area contributed by atoms with E-state index in [4.69, 9.17) is 6.42 Å². The van der Waals surface area contributed by atoms with Gasteiger partial charge < -0.3 is 10.4 Å². The Morgan fingerprint density at radius 3 is 2.42 bits per heavy atom. The standard InChI is InChI=1S/C36H27F8N7O2/c1-4-19-15-25-29(31(39)40)49-51(30(25)36(19,43)44)17-27(52)46-26(14-18-12-20(37)16-21(38)13-18)28-23(8-7-22(45-28)9-10-35(2,3)53)24-6-5-11-50-33(24)47-48-34(50)32(41)42/h1,5-8,11-13,16,19,26,31-32,53H,14-15,17H2,2-3H3,(H,46,52). The molecule has 9 nitrogen and oxygen atoms in total. The van der Waals surface area contributed by atoms with E-state index in [1.807, 2.05) is 5.92 Å². The Labute approximate surface area is 296 Å². The SMILES string of the molecule is C#CC1Cc2c(C(F)F)nn(CC(=O)NC(Cc3cc(F)cc(F)c3)c3nc(C#CC(C)(C)O)ccc3-c3cccn4c(C(F)F)nnc34)c2C1(F)F. The lowest BCUT2D eigenvalue weighted by molar-refractivity contribution is -0.123. The lowest BCUT2D eigenvalue weighted by Gasteiger charge is -2.23. The van der Waals surface area contributed by atoms with Crippen LogP contribution in [0.3, 0.4) is 0 Å². The molecule has 1 aliphatic carbocycles. The predicted molar refractivity (Wildman–Crippen MR) is 172 cm³/mol. The van der Waals surface area contributed by atoms with Gasteiger partial charge in [-0.3, -0.25) is 13.9 Å². The van der Waals surface area contributed by atoms with Gasteiger partial charge in [-0.1, -0.05) is 11.8 Å². The van der Waals surface area contributed by atoms with Crippen LogP contribution in [0.5, 0.6) is 0 Å². The molecule has 0 saturated heterocycles. The van der Waals surface area contributed by atoms with Crippen LogP contribution < -0.4 is 5.32 Å². The van der Waals surface area contributed by atoms with Crippen LogP contribution in [0.1, 0.15) is 72.5 Å². The summed E-state index contributed by atoms with van der Waals surface area (Å²) in [5.74, 6) is -2.05. The van der Waals surface area contributed by atoms with Crippen LogP contribution in [0.4, 0.5) is 35.1 Å². The number of nitrogens with one attached hydrogen (secondary N) is 1. The summed E-state index contributed by atoms with van der Waals surface area (Å²) in [6, 6.07) is 6.99. The summed E-state index contributed by atoms with van der Waals surface area (Å²) in [6.07, 6.45) is -0.705. The summed E-state index contributed by atoms with van der Waals surface area (Å²) in [5.41, 5.74) is -3.60. The molecule has 1 aromatic carbocycles. The topological polar surface area (TPSA) is 110 Å². The molecule has 0 aliphatic heterocycles. The van der Waals surface area contributed by atoms with Gasteiger partial charge in [0.2, 0.25) is 11.7 Å². The van der Waals surface area contributed by atoms with Gasteiger partial charge in [0.1, 0.15) is 40.9 Å². The molecule has 17 heteroatoms. The molecule has 4 aromatic heterocycles. The molecule has 1 aliphatic rings. The third kappa shape index (κ3) is 7.43. The van der Waals surface area contributed by atoms with Crippen molar-refractivity contribution in [1.29, 1.82) is 0 Å². The Morgan fingerprint density at radius 2 is 1.77 bits per heavy atom. The van der Waals surface area contributed by atoms with Crippen LogP contribution in [0.15, 0.2) is 48.7 Å². The monoisotopic (exact) mass is 741 g/mol. The zero-order valence-electron chi connectivity index (χ0n) is 27.7. The number of nitrogens with zero attached hydrogens (tertiary/aromatic N) is 6. The number of rotatable bonds is 9. The molecule has 5 aromatic rings. The maximum absolute atomic E-state index is 15.3. The fraction of sp³-hybridized carbons (Fsp3) is 0.306. The van der Waals surface area contributed by atoms with Crippen molar-refractivity contribution in [2.24, 2.45) is 5.92 Å². The summed E-state index contributed by atoms with van der Waals surface area (Å²) in [4.78, 5) is 18.3. The Bertz CT molecular complexity index is 2310. The van der Waals surface area contributed by atoms with E-state index in [2.05, 4.69) is 37.4 Å². The van der Waals surface area contributed by atoms with Gasteiger partial charge in [0.05, 0.1) is 17.7 Å². The van der Waals surface area contributed by atoms with Crippen molar-refractivity contribution in [1.82, 2.24) is 34.7 Å². The number of benzene rings is 1. The molecule has 274 valence electrons. The van der Waals surface area contributed by atoms with Gasteiger partial charge in [0, 0.05) is 29.0 Å². The van der Waals surface area contributed by atoms with E-state index in [9.17, 15) is 36.2 Å². The molecule has 2 unspecified atom stereocenters. The number of carbonyl (C=O) groups excluding carboxylic acids is 1. The molecule has 0 bridgehead atoms. The molecule has 6 rings (SSSR count). The minimum atomic E-state index is -3.81. The molecule has 0 spiro atoms. The molecule has 53 heavy (non-hydrogen) atoms. The van der Waals surface area contributed by atoms with E-state index in [0.29, 0.717) is 10.7 Å². The van der Waals surface area contributed by atoms with Gasteiger partial charge in [0.25, 0.3) is 12.9 Å². The first kappa shape index (κ1) is 37.0. The Hall–Kier alpha value is -5.81. The van der Waals surface area contributed by atoms with Crippen molar-refractivity contribution in [2.75, 3.05) is 0 Å². The average Bonchev–Trinajstić information content (AvgIpc) is 3.74.